The average Bonchev–Trinajstić information content (AvgIpc) is 2.59. The highest BCUT2D eigenvalue weighted by atomic mass is 19.1. The van der Waals surface area contributed by atoms with Crippen molar-refractivity contribution in [3.63, 3.8) is 0 Å². The number of benzene rings is 2. The van der Waals surface area contributed by atoms with E-state index in [1.165, 1.54) is 12.1 Å². The fourth-order valence-corrected chi connectivity index (χ4v) is 2.14. The predicted octanol–water partition coefficient (Wildman–Crippen LogP) is 2.76. The van der Waals surface area contributed by atoms with Crippen molar-refractivity contribution in [2.75, 3.05) is 11.9 Å². The van der Waals surface area contributed by atoms with E-state index in [2.05, 4.69) is 16.6 Å². The molecule has 4 nitrogen and oxygen atoms in total. The fraction of sp³-hybridized carbons (Fsp3) is 0.158. The van der Waals surface area contributed by atoms with Crippen molar-refractivity contribution in [3.05, 3.63) is 65.5 Å². The van der Waals surface area contributed by atoms with Crippen LogP contribution in [0, 0.1) is 18.2 Å². The topological polar surface area (TPSA) is 58.2 Å². The Kier molecular flexibility index (Phi) is 6.09. The molecule has 0 saturated carbocycles. The van der Waals surface area contributed by atoms with Gasteiger partial charge in [-0.3, -0.25) is 9.59 Å². The van der Waals surface area contributed by atoms with Crippen LogP contribution in [0.1, 0.15) is 22.3 Å². The van der Waals surface area contributed by atoms with E-state index in [-0.39, 0.29) is 30.6 Å². The molecule has 0 radical (unpaired) electrons. The van der Waals surface area contributed by atoms with Gasteiger partial charge in [-0.1, -0.05) is 30.2 Å². The zero-order valence-corrected chi connectivity index (χ0v) is 13.0. The van der Waals surface area contributed by atoms with E-state index in [0.717, 1.165) is 5.56 Å². The van der Waals surface area contributed by atoms with E-state index in [1.54, 1.807) is 36.4 Å². The number of carbonyl (C=O) groups is 2. The number of terminal acetylenes is 1. The van der Waals surface area contributed by atoms with E-state index < -0.39 is 0 Å². The summed E-state index contributed by atoms with van der Waals surface area (Å²) in [6, 6.07) is 12.7. The number of anilines is 1. The van der Waals surface area contributed by atoms with Crippen molar-refractivity contribution >= 4 is 17.5 Å². The standard InChI is InChI=1S/C19H17FN2O2/c1-2-13-21-19(24)16-5-3-4-6-17(16)22-18(23)12-9-14-7-10-15(20)11-8-14/h1,3-8,10-11H,9,12-13H2,(H,21,24)(H,22,23). The molecule has 0 unspecified atom stereocenters. The lowest BCUT2D eigenvalue weighted by Gasteiger charge is -2.10. The molecule has 0 saturated heterocycles. The number of hydrogen-bond donors (Lipinski definition) is 2. The average molecular weight is 324 g/mol. The summed E-state index contributed by atoms with van der Waals surface area (Å²) in [6.45, 7) is 0.117. The molecule has 0 aliphatic carbocycles. The summed E-state index contributed by atoms with van der Waals surface area (Å²) in [7, 11) is 0. The summed E-state index contributed by atoms with van der Waals surface area (Å²) >= 11 is 0. The number of halogens is 1. The molecule has 0 fully saturated rings. The minimum Gasteiger partial charge on any atom is -0.341 e. The van der Waals surface area contributed by atoms with Crippen LogP contribution < -0.4 is 10.6 Å². The van der Waals surface area contributed by atoms with Gasteiger partial charge in [0.1, 0.15) is 5.82 Å². The van der Waals surface area contributed by atoms with Gasteiger partial charge >= 0.3 is 0 Å². The van der Waals surface area contributed by atoms with Crippen molar-refractivity contribution in [1.29, 1.82) is 0 Å². The van der Waals surface area contributed by atoms with Crippen molar-refractivity contribution in [3.8, 4) is 12.3 Å². The first-order valence-electron chi connectivity index (χ1n) is 7.45. The maximum Gasteiger partial charge on any atom is 0.254 e. The Morgan fingerprint density at radius 2 is 1.79 bits per heavy atom. The number of rotatable bonds is 6. The normalized spacial score (nSPS) is 9.83. The molecule has 2 aromatic rings. The molecule has 2 N–H and O–H groups in total. The second-order valence-electron chi connectivity index (χ2n) is 5.11. The van der Waals surface area contributed by atoms with Crippen molar-refractivity contribution in [2.24, 2.45) is 0 Å². The van der Waals surface area contributed by atoms with Gasteiger partial charge in [-0.25, -0.2) is 4.39 Å². The van der Waals surface area contributed by atoms with Crippen molar-refractivity contribution in [1.82, 2.24) is 5.32 Å². The highest BCUT2D eigenvalue weighted by Gasteiger charge is 2.12. The zero-order chi connectivity index (χ0) is 17.4. The first-order chi connectivity index (χ1) is 11.6. The summed E-state index contributed by atoms with van der Waals surface area (Å²) in [5.74, 6) is 1.44. The van der Waals surface area contributed by atoms with Crippen LogP contribution in [0.25, 0.3) is 0 Å². The van der Waals surface area contributed by atoms with E-state index in [0.29, 0.717) is 17.7 Å². The number of nitrogens with one attached hydrogen (secondary N) is 2. The highest BCUT2D eigenvalue weighted by Crippen LogP contribution is 2.15. The molecule has 2 amide bonds. The Morgan fingerprint density at radius 3 is 2.50 bits per heavy atom. The summed E-state index contributed by atoms with van der Waals surface area (Å²) in [6.07, 6.45) is 5.83. The van der Waals surface area contributed by atoms with E-state index in [1.807, 2.05) is 0 Å². The lowest BCUT2D eigenvalue weighted by molar-refractivity contribution is -0.116. The lowest BCUT2D eigenvalue weighted by Crippen LogP contribution is -2.25. The molecule has 0 aliphatic rings. The maximum atomic E-state index is 12.9. The third-order valence-electron chi connectivity index (χ3n) is 3.35. The third-order valence-corrected chi connectivity index (χ3v) is 3.35. The Hall–Kier alpha value is -3.13. The van der Waals surface area contributed by atoms with Crippen molar-refractivity contribution < 1.29 is 14.0 Å². The summed E-state index contributed by atoms with van der Waals surface area (Å²) in [5.41, 5.74) is 1.64. The number of carbonyl (C=O) groups excluding carboxylic acids is 2. The summed E-state index contributed by atoms with van der Waals surface area (Å²) in [4.78, 5) is 24.1. The molecule has 0 aromatic heterocycles. The summed E-state index contributed by atoms with van der Waals surface area (Å²) in [5, 5.41) is 5.29. The monoisotopic (exact) mass is 324 g/mol. The third kappa shape index (κ3) is 4.96. The van der Waals surface area contributed by atoms with Gasteiger partial charge in [0.2, 0.25) is 5.91 Å². The van der Waals surface area contributed by atoms with Gasteiger partial charge in [0, 0.05) is 6.42 Å². The van der Waals surface area contributed by atoms with Gasteiger partial charge in [-0.05, 0) is 36.2 Å². The van der Waals surface area contributed by atoms with Crippen LogP contribution >= 0.6 is 0 Å². The van der Waals surface area contributed by atoms with E-state index in [4.69, 9.17) is 6.42 Å². The molecule has 2 aromatic carbocycles. The van der Waals surface area contributed by atoms with Crippen LogP contribution in [0.4, 0.5) is 10.1 Å². The van der Waals surface area contributed by atoms with Crippen LogP contribution in [-0.2, 0) is 11.2 Å². The van der Waals surface area contributed by atoms with Crippen LogP contribution in [-0.4, -0.2) is 18.4 Å². The second-order valence-corrected chi connectivity index (χ2v) is 5.11. The second kappa shape index (κ2) is 8.49. The Balaban J connectivity index is 1.97. The van der Waals surface area contributed by atoms with Gasteiger partial charge < -0.3 is 10.6 Å². The largest absolute Gasteiger partial charge is 0.341 e. The van der Waals surface area contributed by atoms with Gasteiger partial charge in [0.25, 0.3) is 5.91 Å². The van der Waals surface area contributed by atoms with Crippen LogP contribution in [0.5, 0.6) is 0 Å². The van der Waals surface area contributed by atoms with Gasteiger partial charge in [0.05, 0.1) is 17.8 Å². The van der Waals surface area contributed by atoms with E-state index in [9.17, 15) is 14.0 Å². The van der Waals surface area contributed by atoms with E-state index >= 15 is 0 Å². The van der Waals surface area contributed by atoms with Crippen LogP contribution in [0.2, 0.25) is 0 Å². The number of amides is 2. The quantitative estimate of drug-likeness (QED) is 0.803. The molecule has 0 atom stereocenters. The highest BCUT2D eigenvalue weighted by molar-refractivity contribution is 6.03. The number of aryl methyl sites for hydroxylation is 1. The molecular formula is C19H17FN2O2. The molecular weight excluding hydrogens is 307 g/mol. The van der Waals surface area contributed by atoms with Crippen LogP contribution in [0.3, 0.4) is 0 Å². The van der Waals surface area contributed by atoms with Gasteiger partial charge in [-0.15, -0.1) is 6.42 Å². The first kappa shape index (κ1) is 17.2. The number of hydrogen-bond acceptors (Lipinski definition) is 2. The minimum absolute atomic E-state index is 0.117. The molecule has 0 heterocycles. The molecule has 2 rings (SSSR count). The Morgan fingerprint density at radius 1 is 1.08 bits per heavy atom. The smallest absolute Gasteiger partial charge is 0.254 e. The Bertz CT molecular complexity index is 764. The van der Waals surface area contributed by atoms with Gasteiger partial charge in [-0.2, -0.15) is 0 Å². The first-order valence-corrected chi connectivity index (χ1v) is 7.45. The molecule has 24 heavy (non-hydrogen) atoms. The molecule has 0 bridgehead atoms. The van der Waals surface area contributed by atoms with Gasteiger partial charge in [0.15, 0.2) is 0 Å². The predicted molar refractivity (Wildman–Crippen MR) is 91.0 cm³/mol. The zero-order valence-electron chi connectivity index (χ0n) is 13.0. The number of para-hydroxylation sites is 1. The molecule has 122 valence electrons. The maximum absolute atomic E-state index is 12.9. The molecule has 0 aliphatic heterocycles. The lowest BCUT2D eigenvalue weighted by atomic mass is 10.1. The van der Waals surface area contributed by atoms with Crippen molar-refractivity contribution in [2.45, 2.75) is 12.8 Å². The minimum atomic E-state index is -0.345. The molecule has 5 heteroatoms. The summed E-state index contributed by atoms with van der Waals surface area (Å²) < 4.78 is 12.9. The van der Waals surface area contributed by atoms with Crippen LogP contribution in [0.15, 0.2) is 48.5 Å². The SMILES string of the molecule is C#CCNC(=O)c1ccccc1NC(=O)CCc1ccc(F)cc1. The molecule has 0 spiro atoms. The fourth-order valence-electron chi connectivity index (χ4n) is 2.14. The Labute approximate surface area is 140 Å².